The number of likely N-dealkylation sites (tertiary alicyclic amines) is 1. The largest absolute Gasteiger partial charge is 0.350 e. The summed E-state index contributed by atoms with van der Waals surface area (Å²) in [4.78, 5) is 43.4. The van der Waals surface area contributed by atoms with Crippen molar-refractivity contribution in [3.05, 3.63) is 59.1 Å². The van der Waals surface area contributed by atoms with Crippen molar-refractivity contribution in [2.45, 2.75) is 42.4 Å². The molecule has 2 aromatic rings. The first-order chi connectivity index (χ1) is 15.5. The van der Waals surface area contributed by atoms with Gasteiger partial charge in [0, 0.05) is 29.6 Å². The molecule has 0 saturated carbocycles. The molecule has 0 aliphatic carbocycles. The fourth-order valence-electron chi connectivity index (χ4n) is 4.00. The Hall–Kier alpha value is -2.51. The Balaban J connectivity index is 1.48. The van der Waals surface area contributed by atoms with Crippen LogP contribution in [0, 0.1) is 0 Å². The van der Waals surface area contributed by atoms with Crippen molar-refractivity contribution in [2.75, 3.05) is 24.5 Å². The molecule has 2 aromatic carbocycles. The lowest BCUT2D eigenvalue weighted by Crippen LogP contribution is -2.52. The van der Waals surface area contributed by atoms with E-state index in [1.165, 1.54) is 16.7 Å². The van der Waals surface area contributed by atoms with Crippen LogP contribution in [0.4, 0.5) is 5.69 Å². The number of nitrogens with one attached hydrogen (secondary N) is 1. The van der Waals surface area contributed by atoms with E-state index < -0.39 is 5.25 Å². The van der Waals surface area contributed by atoms with Crippen LogP contribution in [0.2, 0.25) is 5.02 Å². The van der Waals surface area contributed by atoms with Gasteiger partial charge in [-0.2, -0.15) is 0 Å². The number of fused-ring (bicyclic) bond motifs is 1. The lowest BCUT2D eigenvalue weighted by molar-refractivity contribution is -0.135. The van der Waals surface area contributed by atoms with Crippen molar-refractivity contribution in [1.29, 1.82) is 0 Å². The maximum Gasteiger partial charge on any atom is 0.250 e. The Morgan fingerprint density at radius 1 is 1.00 bits per heavy atom. The van der Waals surface area contributed by atoms with Gasteiger partial charge in [-0.3, -0.25) is 14.4 Å². The van der Waals surface area contributed by atoms with Gasteiger partial charge in [-0.05, 0) is 42.7 Å². The lowest BCUT2D eigenvalue weighted by atomic mass is 10.2. The summed E-state index contributed by atoms with van der Waals surface area (Å²) in [5, 5.41) is 2.63. The maximum absolute atomic E-state index is 13.4. The maximum atomic E-state index is 13.4. The number of nitrogens with zero attached hydrogens (tertiary/aromatic N) is 2. The minimum absolute atomic E-state index is 0.131. The molecule has 0 spiro atoms. The third kappa shape index (κ3) is 5.27. The number of hydrogen-bond acceptors (Lipinski definition) is 4. The second-order valence-electron chi connectivity index (χ2n) is 8.03. The average molecular weight is 472 g/mol. The van der Waals surface area contributed by atoms with Crippen LogP contribution in [0.5, 0.6) is 0 Å². The number of rotatable bonds is 5. The molecule has 0 radical (unpaired) electrons. The molecule has 2 aliphatic rings. The van der Waals surface area contributed by atoms with Gasteiger partial charge in [0.2, 0.25) is 11.8 Å². The molecule has 1 N–H and O–H groups in total. The zero-order valence-electron chi connectivity index (χ0n) is 17.8. The topological polar surface area (TPSA) is 69.7 Å². The molecule has 4 rings (SSSR count). The number of carbonyl (C=O) groups is 3. The number of hydrogen-bond donors (Lipinski definition) is 1. The molecule has 2 heterocycles. The van der Waals surface area contributed by atoms with Crippen LogP contribution in [0.15, 0.2) is 53.4 Å². The van der Waals surface area contributed by atoms with Crippen molar-refractivity contribution in [1.82, 2.24) is 10.2 Å². The molecule has 2 aliphatic heterocycles. The summed E-state index contributed by atoms with van der Waals surface area (Å²) >= 11 is 7.20. The summed E-state index contributed by atoms with van der Waals surface area (Å²) < 4.78 is 0. The quantitative estimate of drug-likeness (QED) is 0.672. The standard InChI is InChI=1S/C24H26ClN3O3S/c25-18-11-9-17(10-12-18)15-26-21(29)16-28-19-7-3-4-8-20(19)32-22(24(28)31)23(30)27-13-5-1-2-6-14-27/h3-4,7-12,22H,1-2,5-6,13-16H2,(H,26,29). The molecular weight excluding hydrogens is 446 g/mol. The van der Waals surface area contributed by atoms with Crippen molar-refractivity contribution in [3.63, 3.8) is 0 Å². The first-order valence-electron chi connectivity index (χ1n) is 10.9. The van der Waals surface area contributed by atoms with E-state index >= 15 is 0 Å². The summed E-state index contributed by atoms with van der Waals surface area (Å²) in [7, 11) is 0. The molecule has 168 valence electrons. The number of benzene rings is 2. The third-order valence-electron chi connectivity index (χ3n) is 5.74. The van der Waals surface area contributed by atoms with Gasteiger partial charge in [-0.25, -0.2) is 0 Å². The monoisotopic (exact) mass is 471 g/mol. The van der Waals surface area contributed by atoms with E-state index in [1.807, 2.05) is 41.3 Å². The molecule has 1 atom stereocenters. The Kier molecular flexibility index (Phi) is 7.37. The van der Waals surface area contributed by atoms with E-state index in [4.69, 9.17) is 11.6 Å². The van der Waals surface area contributed by atoms with Crippen molar-refractivity contribution < 1.29 is 14.4 Å². The van der Waals surface area contributed by atoms with Gasteiger partial charge in [0.25, 0.3) is 5.91 Å². The van der Waals surface area contributed by atoms with Gasteiger partial charge in [0.05, 0.1) is 5.69 Å². The van der Waals surface area contributed by atoms with E-state index in [2.05, 4.69) is 5.32 Å². The Morgan fingerprint density at radius 3 is 2.41 bits per heavy atom. The summed E-state index contributed by atoms with van der Waals surface area (Å²) in [5.74, 6) is -0.761. The minimum Gasteiger partial charge on any atom is -0.350 e. The molecule has 32 heavy (non-hydrogen) atoms. The van der Waals surface area contributed by atoms with Gasteiger partial charge in [0.1, 0.15) is 6.54 Å². The van der Waals surface area contributed by atoms with Crippen molar-refractivity contribution >= 4 is 46.8 Å². The molecule has 6 nitrogen and oxygen atoms in total. The second kappa shape index (κ2) is 10.4. The number of carbonyl (C=O) groups excluding carboxylic acids is 3. The molecule has 1 fully saturated rings. The van der Waals surface area contributed by atoms with Gasteiger partial charge >= 0.3 is 0 Å². The van der Waals surface area contributed by atoms with E-state index in [9.17, 15) is 14.4 Å². The first kappa shape index (κ1) is 22.7. The molecule has 1 unspecified atom stereocenters. The highest BCUT2D eigenvalue weighted by Gasteiger charge is 2.40. The first-order valence-corrected chi connectivity index (χ1v) is 12.2. The summed E-state index contributed by atoms with van der Waals surface area (Å²) in [6.45, 7) is 1.58. The summed E-state index contributed by atoms with van der Waals surface area (Å²) in [6, 6.07) is 14.7. The van der Waals surface area contributed by atoms with Crippen LogP contribution in [-0.4, -0.2) is 47.5 Å². The van der Waals surface area contributed by atoms with Crippen molar-refractivity contribution in [3.8, 4) is 0 Å². The smallest absolute Gasteiger partial charge is 0.250 e. The predicted octanol–water partition coefficient (Wildman–Crippen LogP) is 3.87. The van der Waals surface area contributed by atoms with Gasteiger partial charge in [-0.15, -0.1) is 11.8 Å². The third-order valence-corrected chi connectivity index (χ3v) is 7.23. The Labute approximate surface area is 197 Å². The number of amides is 3. The van der Waals surface area contributed by atoms with Gasteiger partial charge in [0.15, 0.2) is 5.25 Å². The van der Waals surface area contributed by atoms with Gasteiger partial charge in [-0.1, -0.05) is 48.7 Å². The van der Waals surface area contributed by atoms with Crippen LogP contribution in [0.3, 0.4) is 0 Å². The number of thioether (sulfide) groups is 1. The fraction of sp³-hybridized carbons (Fsp3) is 0.375. The van der Waals surface area contributed by atoms with E-state index in [0.29, 0.717) is 30.3 Å². The highest BCUT2D eigenvalue weighted by molar-refractivity contribution is 8.01. The van der Waals surface area contributed by atoms with E-state index in [-0.39, 0.29) is 24.3 Å². The van der Waals surface area contributed by atoms with Crippen LogP contribution in [0.1, 0.15) is 31.2 Å². The second-order valence-corrected chi connectivity index (χ2v) is 9.62. The Morgan fingerprint density at radius 2 is 1.69 bits per heavy atom. The zero-order chi connectivity index (χ0) is 22.5. The number of anilines is 1. The molecule has 1 saturated heterocycles. The average Bonchev–Trinajstić information content (AvgIpc) is 3.09. The van der Waals surface area contributed by atoms with Crippen LogP contribution >= 0.6 is 23.4 Å². The normalized spacial score (nSPS) is 18.7. The molecule has 0 aromatic heterocycles. The minimum atomic E-state index is -0.855. The van der Waals surface area contributed by atoms with Gasteiger partial charge < -0.3 is 15.1 Å². The van der Waals surface area contributed by atoms with Crippen LogP contribution in [-0.2, 0) is 20.9 Å². The van der Waals surface area contributed by atoms with Crippen LogP contribution < -0.4 is 10.2 Å². The van der Waals surface area contributed by atoms with E-state index in [1.54, 1.807) is 12.1 Å². The zero-order valence-corrected chi connectivity index (χ0v) is 19.3. The molecule has 8 heteroatoms. The lowest BCUT2D eigenvalue weighted by Gasteiger charge is -2.34. The summed E-state index contributed by atoms with van der Waals surface area (Å²) in [6.07, 6.45) is 4.14. The highest BCUT2D eigenvalue weighted by Crippen LogP contribution is 2.39. The number of halogens is 1. The highest BCUT2D eigenvalue weighted by atomic mass is 35.5. The van der Waals surface area contributed by atoms with Crippen LogP contribution in [0.25, 0.3) is 0 Å². The van der Waals surface area contributed by atoms with E-state index in [0.717, 1.165) is 36.1 Å². The SMILES string of the molecule is O=C(CN1C(=O)C(C(=O)N2CCCCCC2)Sc2ccccc21)NCc1ccc(Cl)cc1. The van der Waals surface area contributed by atoms with Crippen molar-refractivity contribution in [2.24, 2.45) is 0 Å². The number of para-hydroxylation sites is 1. The summed E-state index contributed by atoms with van der Waals surface area (Å²) in [5.41, 5.74) is 1.59. The molecule has 3 amide bonds. The molecule has 0 bridgehead atoms. The Bertz CT molecular complexity index is 990. The molecular formula is C24H26ClN3O3S. The fourth-order valence-corrected chi connectivity index (χ4v) is 5.31. The predicted molar refractivity (Wildman–Crippen MR) is 127 cm³/mol.